The fourth-order valence-electron chi connectivity index (χ4n) is 4.54. The first-order chi connectivity index (χ1) is 17.0. The van der Waals surface area contributed by atoms with Crippen LogP contribution in [-0.2, 0) is 11.8 Å². The van der Waals surface area contributed by atoms with Crippen molar-refractivity contribution in [3.8, 4) is 10.4 Å². The number of aliphatic imine (C=N–C) groups is 1. The second kappa shape index (κ2) is 7.90. The number of benzene rings is 2. The van der Waals surface area contributed by atoms with E-state index >= 15 is 0 Å². The number of thiophene rings is 2. The maximum atomic E-state index is 12.6. The summed E-state index contributed by atoms with van der Waals surface area (Å²) in [4.78, 5) is 20.0. The molecule has 0 atom stereocenters. The van der Waals surface area contributed by atoms with E-state index < -0.39 is 0 Å². The summed E-state index contributed by atoms with van der Waals surface area (Å²) in [6, 6.07) is 14.8. The SMILES string of the molecule is CCN1C(=O)C(=Nc2ccc(-c3cc4c(s3)c3sc5ccccc5c3n4C)c3nsnc23)SC1=S. The normalized spacial score (nSPS) is 15.8. The zero-order chi connectivity index (χ0) is 23.8. The van der Waals surface area contributed by atoms with Crippen LogP contribution < -0.4 is 0 Å². The van der Waals surface area contributed by atoms with Gasteiger partial charge in [0.1, 0.15) is 15.4 Å². The summed E-state index contributed by atoms with van der Waals surface area (Å²) >= 11 is 11.4. The van der Waals surface area contributed by atoms with Crippen LogP contribution in [0.25, 0.3) is 52.0 Å². The number of thiocarbonyl (C=S) groups is 1. The molecule has 11 heteroatoms. The third kappa shape index (κ3) is 3.09. The number of aromatic nitrogens is 3. The smallest absolute Gasteiger partial charge is 0.284 e. The van der Waals surface area contributed by atoms with Crippen LogP contribution in [0.3, 0.4) is 0 Å². The number of rotatable bonds is 3. The highest BCUT2D eigenvalue weighted by Crippen LogP contribution is 2.46. The van der Waals surface area contributed by atoms with Crippen molar-refractivity contribution in [2.45, 2.75) is 6.92 Å². The molecule has 0 saturated carbocycles. The number of aryl methyl sites for hydroxylation is 1. The number of carbonyl (C=O) groups excluding carboxylic acids is 1. The number of carbonyl (C=O) groups is 1. The molecule has 5 heterocycles. The lowest BCUT2D eigenvalue weighted by Gasteiger charge is -2.09. The third-order valence-electron chi connectivity index (χ3n) is 6.22. The lowest BCUT2D eigenvalue weighted by Crippen LogP contribution is -2.29. The van der Waals surface area contributed by atoms with E-state index in [9.17, 15) is 4.79 Å². The maximum Gasteiger partial charge on any atom is 0.284 e. The van der Waals surface area contributed by atoms with Crippen LogP contribution in [0.4, 0.5) is 5.69 Å². The molecular weight excluding hydrogens is 535 g/mol. The molecule has 35 heavy (non-hydrogen) atoms. The largest absolute Gasteiger partial charge is 0.342 e. The summed E-state index contributed by atoms with van der Waals surface area (Å²) < 4.78 is 15.9. The molecule has 0 spiro atoms. The average Bonchev–Trinajstić information content (AvgIpc) is 3.65. The number of thioether (sulfide) groups is 1. The predicted molar refractivity (Wildman–Crippen MR) is 155 cm³/mol. The first-order valence-electron chi connectivity index (χ1n) is 10.8. The Bertz CT molecular complexity index is 1890. The summed E-state index contributed by atoms with van der Waals surface area (Å²) in [6.07, 6.45) is 0. The van der Waals surface area contributed by atoms with E-state index in [0.29, 0.717) is 27.1 Å². The Hall–Kier alpha value is -2.70. The molecule has 172 valence electrons. The van der Waals surface area contributed by atoms with Crippen LogP contribution in [0.2, 0.25) is 0 Å². The molecule has 0 aliphatic carbocycles. The van der Waals surface area contributed by atoms with Gasteiger partial charge in [0, 0.05) is 34.1 Å². The molecule has 0 bridgehead atoms. The van der Waals surface area contributed by atoms with Crippen LogP contribution in [0.5, 0.6) is 0 Å². The molecule has 4 aromatic heterocycles. The van der Waals surface area contributed by atoms with Gasteiger partial charge in [0.15, 0.2) is 5.04 Å². The van der Waals surface area contributed by atoms with E-state index in [1.54, 1.807) is 16.2 Å². The van der Waals surface area contributed by atoms with Crippen molar-refractivity contribution in [3.05, 3.63) is 42.5 Å². The highest BCUT2D eigenvalue weighted by Gasteiger charge is 2.32. The van der Waals surface area contributed by atoms with Crippen molar-refractivity contribution < 1.29 is 4.79 Å². The number of amides is 1. The molecule has 7 rings (SSSR count). The quantitative estimate of drug-likeness (QED) is 0.219. The van der Waals surface area contributed by atoms with Crippen molar-refractivity contribution >= 4 is 121 Å². The molecule has 1 amide bonds. The minimum Gasteiger partial charge on any atom is -0.342 e. The zero-order valence-corrected chi connectivity index (χ0v) is 22.5. The number of nitrogens with zero attached hydrogens (tertiary/aromatic N) is 5. The van der Waals surface area contributed by atoms with Gasteiger partial charge in [-0.05, 0) is 43.0 Å². The van der Waals surface area contributed by atoms with E-state index in [4.69, 9.17) is 12.2 Å². The topological polar surface area (TPSA) is 63.4 Å². The number of fused-ring (bicyclic) bond motifs is 6. The van der Waals surface area contributed by atoms with Crippen LogP contribution in [0, 0.1) is 0 Å². The van der Waals surface area contributed by atoms with Gasteiger partial charge in [-0.2, -0.15) is 8.75 Å². The lowest BCUT2D eigenvalue weighted by atomic mass is 10.1. The summed E-state index contributed by atoms with van der Waals surface area (Å²) in [5.41, 5.74) is 5.70. The number of hydrogen-bond acceptors (Lipinski definition) is 9. The summed E-state index contributed by atoms with van der Waals surface area (Å²) in [5.74, 6) is -0.153. The molecule has 0 N–H and O–H groups in total. The molecule has 1 aliphatic heterocycles. The summed E-state index contributed by atoms with van der Waals surface area (Å²) in [6.45, 7) is 2.44. The van der Waals surface area contributed by atoms with E-state index in [1.165, 1.54) is 42.3 Å². The highest BCUT2D eigenvalue weighted by molar-refractivity contribution is 8.35. The maximum absolute atomic E-state index is 12.6. The van der Waals surface area contributed by atoms with Crippen molar-refractivity contribution in [1.29, 1.82) is 0 Å². The second-order valence-electron chi connectivity index (χ2n) is 8.09. The molecule has 6 nitrogen and oxygen atoms in total. The molecule has 1 saturated heterocycles. The third-order valence-corrected chi connectivity index (χ3v) is 10.5. The van der Waals surface area contributed by atoms with E-state index in [0.717, 1.165) is 27.7 Å². The summed E-state index contributed by atoms with van der Waals surface area (Å²) in [5, 5.41) is 1.68. The molecule has 1 fully saturated rings. The van der Waals surface area contributed by atoms with Crippen molar-refractivity contribution in [1.82, 2.24) is 18.2 Å². The van der Waals surface area contributed by atoms with Gasteiger partial charge >= 0.3 is 0 Å². The molecule has 1 aliphatic rings. The fraction of sp³-hybridized carbons (Fsp3) is 0.125. The van der Waals surface area contributed by atoms with Gasteiger partial charge < -0.3 is 4.57 Å². The zero-order valence-electron chi connectivity index (χ0n) is 18.4. The van der Waals surface area contributed by atoms with E-state index in [2.05, 4.69) is 55.7 Å². The molecular formula is C24H15N5OS5. The minimum atomic E-state index is -0.153. The molecule has 6 aromatic rings. The lowest BCUT2D eigenvalue weighted by molar-refractivity contribution is -0.119. The Morgan fingerprint density at radius 3 is 2.71 bits per heavy atom. The first kappa shape index (κ1) is 21.6. The van der Waals surface area contributed by atoms with Gasteiger partial charge in [-0.25, -0.2) is 4.99 Å². The van der Waals surface area contributed by atoms with Gasteiger partial charge in [0.2, 0.25) is 0 Å². The monoisotopic (exact) mass is 549 g/mol. The fourth-order valence-corrected chi connectivity index (χ4v) is 8.97. The van der Waals surface area contributed by atoms with Crippen LogP contribution in [0.15, 0.2) is 47.5 Å². The molecule has 0 radical (unpaired) electrons. The van der Waals surface area contributed by atoms with E-state index in [-0.39, 0.29) is 5.91 Å². The van der Waals surface area contributed by atoms with Crippen LogP contribution in [-0.4, -0.2) is 40.0 Å². The van der Waals surface area contributed by atoms with Crippen molar-refractivity contribution in [3.63, 3.8) is 0 Å². The van der Waals surface area contributed by atoms with E-state index in [1.807, 2.05) is 30.4 Å². The molecule has 2 aromatic carbocycles. The first-order valence-corrected chi connectivity index (χ1v) is 14.4. The van der Waals surface area contributed by atoms with Gasteiger partial charge in [0.05, 0.1) is 37.8 Å². The van der Waals surface area contributed by atoms with Crippen LogP contribution in [0.1, 0.15) is 6.92 Å². The van der Waals surface area contributed by atoms with Gasteiger partial charge in [-0.15, -0.1) is 22.7 Å². The molecule has 0 unspecified atom stereocenters. The number of hydrogen-bond donors (Lipinski definition) is 0. The Morgan fingerprint density at radius 1 is 1.06 bits per heavy atom. The van der Waals surface area contributed by atoms with Crippen molar-refractivity contribution in [2.24, 2.45) is 12.0 Å². The van der Waals surface area contributed by atoms with Gasteiger partial charge in [-0.3, -0.25) is 9.69 Å². The van der Waals surface area contributed by atoms with Gasteiger partial charge in [0.25, 0.3) is 5.91 Å². The Labute approximate surface area is 221 Å². The van der Waals surface area contributed by atoms with Crippen LogP contribution >= 0.6 is 58.4 Å². The Balaban J connectivity index is 1.37. The van der Waals surface area contributed by atoms with Crippen molar-refractivity contribution in [2.75, 3.05) is 6.54 Å². The highest BCUT2D eigenvalue weighted by atomic mass is 32.2. The Kier molecular flexibility index (Phi) is 4.87. The predicted octanol–water partition coefficient (Wildman–Crippen LogP) is 7.19. The summed E-state index contributed by atoms with van der Waals surface area (Å²) in [7, 11) is 2.14. The average molecular weight is 550 g/mol. The Morgan fingerprint density at radius 2 is 1.89 bits per heavy atom. The second-order valence-corrected chi connectivity index (χ2v) is 12.3. The minimum absolute atomic E-state index is 0.153. The standard InChI is InChI=1S/C24H15N5OS5/c1-3-29-23(30)22(34-24(29)31)25-13-9-8-11(17-18(13)27-35-26-17)16-10-14-20(33-16)21-19(28(14)2)12-6-4-5-7-15(12)32-21/h4-10H,3H2,1-2H3. The van der Waals surface area contributed by atoms with Gasteiger partial charge in [-0.1, -0.05) is 30.4 Å².